The van der Waals surface area contributed by atoms with E-state index in [1.54, 1.807) is 17.5 Å². The molecule has 0 unspecified atom stereocenters. The van der Waals surface area contributed by atoms with Crippen molar-refractivity contribution in [2.24, 2.45) is 0 Å². The molecule has 0 aliphatic heterocycles. The van der Waals surface area contributed by atoms with Gasteiger partial charge in [-0.2, -0.15) is 0 Å². The smallest absolute Gasteiger partial charge is 0.142 e. The van der Waals surface area contributed by atoms with Gasteiger partial charge in [0.15, 0.2) is 0 Å². The minimum absolute atomic E-state index is 0.801. The molecule has 0 fully saturated rings. The van der Waals surface area contributed by atoms with Gasteiger partial charge in [-0.3, -0.25) is 0 Å². The second kappa shape index (κ2) is 3.89. The quantitative estimate of drug-likeness (QED) is 0.837. The van der Waals surface area contributed by atoms with Crippen LogP contribution < -0.4 is 5.32 Å². The van der Waals surface area contributed by atoms with Gasteiger partial charge in [0, 0.05) is 12.7 Å². The van der Waals surface area contributed by atoms with Crippen molar-refractivity contribution >= 4 is 11.3 Å². The number of nitrogens with one attached hydrogen (secondary N) is 1. The molecule has 0 spiro atoms. The van der Waals surface area contributed by atoms with Gasteiger partial charge in [0.2, 0.25) is 0 Å². The van der Waals surface area contributed by atoms with Crippen molar-refractivity contribution in [1.29, 1.82) is 0 Å². The Morgan fingerprint density at radius 3 is 3.00 bits per heavy atom. The largest absolute Gasteiger partial charge is 0.361 e. The number of thiazole rings is 1. The highest BCUT2D eigenvalue weighted by atomic mass is 32.1. The van der Waals surface area contributed by atoms with E-state index in [1.807, 2.05) is 20.2 Å². The van der Waals surface area contributed by atoms with Crippen LogP contribution in [0.5, 0.6) is 0 Å². The third kappa shape index (κ3) is 1.69. The Morgan fingerprint density at radius 1 is 1.50 bits per heavy atom. The molecule has 0 saturated carbocycles. The lowest BCUT2D eigenvalue weighted by Crippen LogP contribution is -2.03. The monoisotopic (exact) mass is 209 g/mol. The van der Waals surface area contributed by atoms with E-state index in [1.165, 1.54) is 0 Å². The maximum atomic E-state index is 5.00. The Hall–Kier alpha value is -1.20. The maximum Gasteiger partial charge on any atom is 0.142 e. The minimum atomic E-state index is 0.801. The molecule has 2 rings (SSSR count). The molecule has 5 heteroatoms. The zero-order valence-corrected chi connectivity index (χ0v) is 8.89. The molecule has 1 N–H and O–H groups in total. The number of nitrogens with zero attached hydrogens (tertiary/aromatic N) is 2. The van der Waals surface area contributed by atoms with Crippen LogP contribution in [0.1, 0.15) is 10.8 Å². The average molecular weight is 209 g/mol. The van der Waals surface area contributed by atoms with Crippen molar-refractivity contribution in [3.05, 3.63) is 23.2 Å². The molecule has 0 aromatic carbocycles. The molecule has 4 nitrogen and oxygen atoms in total. The van der Waals surface area contributed by atoms with Crippen LogP contribution >= 0.6 is 11.3 Å². The van der Waals surface area contributed by atoms with E-state index in [0.717, 1.165) is 27.8 Å². The zero-order chi connectivity index (χ0) is 9.97. The van der Waals surface area contributed by atoms with E-state index in [0.29, 0.717) is 0 Å². The predicted molar refractivity (Wildman–Crippen MR) is 55.1 cm³/mol. The second-order valence-corrected chi connectivity index (χ2v) is 4.06. The molecule has 2 aromatic heterocycles. The molecule has 0 radical (unpaired) electrons. The van der Waals surface area contributed by atoms with Crippen molar-refractivity contribution in [3.63, 3.8) is 0 Å². The lowest BCUT2D eigenvalue weighted by Gasteiger charge is -1.90. The Bertz CT molecular complexity index is 421. The van der Waals surface area contributed by atoms with Crippen LogP contribution in [-0.2, 0) is 6.54 Å². The van der Waals surface area contributed by atoms with Crippen LogP contribution in [0, 0.1) is 6.92 Å². The van der Waals surface area contributed by atoms with Gasteiger partial charge >= 0.3 is 0 Å². The molecule has 0 aliphatic carbocycles. The van der Waals surface area contributed by atoms with E-state index in [9.17, 15) is 0 Å². The van der Waals surface area contributed by atoms with Crippen molar-refractivity contribution in [1.82, 2.24) is 15.5 Å². The fourth-order valence-corrected chi connectivity index (χ4v) is 2.19. The third-order valence-electron chi connectivity index (χ3n) is 1.90. The van der Waals surface area contributed by atoms with Crippen LogP contribution in [-0.4, -0.2) is 17.2 Å². The summed E-state index contributed by atoms with van der Waals surface area (Å²) in [5.41, 5.74) is 1.03. The van der Waals surface area contributed by atoms with Gasteiger partial charge in [-0.05, 0) is 14.0 Å². The number of aryl methyl sites for hydroxylation is 1. The van der Waals surface area contributed by atoms with Gasteiger partial charge in [-0.15, -0.1) is 11.3 Å². The average Bonchev–Trinajstić information content (AvgIpc) is 2.74. The summed E-state index contributed by atoms with van der Waals surface area (Å²) in [4.78, 5) is 5.40. The predicted octanol–water partition coefficient (Wildman–Crippen LogP) is 1.83. The lowest BCUT2D eigenvalue weighted by molar-refractivity contribution is 0.398. The highest BCUT2D eigenvalue weighted by Crippen LogP contribution is 2.28. The molecule has 0 amide bonds. The number of rotatable bonds is 3. The Kier molecular flexibility index (Phi) is 2.60. The molecule has 0 atom stereocenters. The van der Waals surface area contributed by atoms with E-state index in [-0.39, 0.29) is 0 Å². The maximum absolute atomic E-state index is 5.00. The summed E-state index contributed by atoms with van der Waals surface area (Å²) in [5.74, 6) is 0.838. The fraction of sp³-hybridized carbons (Fsp3) is 0.333. The summed E-state index contributed by atoms with van der Waals surface area (Å²) in [5, 5.41) is 7.88. The summed E-state index contributed by atoms with van der Waals surface area (Å²) in [7, 11) is 1.91. The summed E-state index contributed by atoms with van der Waals surface area (Å²) in [6.07, 6.45) is 3.59. The van der Waals surface area contributed by atoms with Crippen molar-refractivity contribution in [3.8, 4) is 10.4 Å². The molecule has 2 aromatic rings. The first-order valence-corrected chi connectivity index (χ1v) is 5.14. The normalized spacial score (nSPS) is 10.7. The molecule has 0 saturated heterocycles. The highest BCUT2D eigenvalue weighted by molar-refractivity contribution is 7.15. The van der Waals surface area contributed by atoms with E-state index in [4.69, 9.17) is 4.52 Å². The van der Waals surface area contributed by atoms with Gasteiger partial charge in [-0.1, -0.05) is 5.16 Å². The molecular formula is C9H11N3OS. The first kappa shape index (κ1) is 9.36. The van der Waals surface area contributed by atoms with Crippen LogP contribution in [0.2, 0.25) is 0 Å². The lowest BCUT2D eigenvalue weighted by atomic mass is 10.2. The fourth-order valence-electron chi connectivity index (χ4n) is 1.20. The van der Waals surface area contributed by atoms with Crippen molar-refractivity contribution in [2.75, 3.05) is 7.05 Å². The second-order valence-electron chi connectivity index (χ2n) is 2.94. The van der Waals surface area contributed by atoms with Crippen LogP contribution in [0.3, 0.4) is 0 Å². The van der Waals surface area contributed by atoms with Crippen molar-refractivity contribution in [2.45, 2.75) is 13.5 Å². The summed E-state index contributed by atoms with van der Waals surface area (Å²) in [6, 6.07) is 0. The number of hydrogen-bond donors (Lipinski definition) is 1. The van der Waals surface area contributed by atoms with E-state index < -0.39 is 0 Å². The van der Waals surface area contributed by atoms with Gasteiger partial charge in [0.25, 0.3) is 0 Å². The van der Waals surface area contributed by atoms with E-state index in [2.05, 4.69) is 15.5 Å². The van der Waals surface area contributed by atoms with E-state index >= 15 is 0 Å². The van der Waals surface area contributed by atoms with Gasteiger partial charge in [0.1, 0.15) is 10.8 Å². The topological polar surface area (TPSA) is 51.0 Å². The molecule has 0 aliphatic rings. The first-order valence-electron chi connectivity index (χ1n) is 4.32. The van der Waals surface area contributed by atoms with Gasteiger partial charge in [0.05, 0.1) is 16.6 Å². The summed E-state index contributed by atoms with van der Waals surface area (Å²) >= 11 is 1.66. The number of aromatic nitrogens is 2. The summed E-state index contributed by atoms with van der Waals surface area (Å²) in [6.45, 7) is 2.70. The molecule has 14 heavy (non-hydrogen) atoms. The van der Waals surface area contributed by atoms with Gasteiger partial charge < -0.3 is 9.84 Å². The Balaban J connectivity index is 2.29. The van der Waals surface area contributed by atoms with Gasteiger partial charge in [-0.25, -0.2) is 4.98 Å². The number of hydrogen-bond acceptors (Lipinski definition) is 5. The minimum Gasteiger partial charge on any atom is -0.361 e. The van der Waals surface area contributed by atoms with Crippen LogP contribution in [0.4, 0.5) is 0 Å². The summed E-state index contributed by atoms with van der Waals surface area (Å²) < 4.78 is 5.00. The first-order chi connectivity index (χ1) is 6.81. The molecule has 0 bridgehead atoms. The van der Waals surface area contributed by atoms with Crippen LogP contribution in [0.15, 0.2) is 16.9 Å². The van der Waals surface area contributed by atoms with Crippen molar-refractivity contribution < 1.29 is 4.52 Å². The molecular weight excluding hydrogens is 198 g/mol. The zero-order valence-electron chi connectivity index (χ0n) is 8.07. The standard InChI is InChI=1S/C9H11N3OS/c1-6-7(3-12-13-6)8-4-11-9(14-8)5-10-2/h3-4,10H,5H2,1-2H3. The molecule has 2 heterocycles. The van der Waals surface area contributed by atoms with Crippen LogP contribution in [0.25, 0.3) is 10.4 Å². The SMILES string of the molecule is CNCc1ncc(-c2cnoc2C)s1. The third-order valence-corrected chi connectivity index (χ3v) is 2.93. The Morgan fingerprint density at radius 2 is 2.36 bits per heavy atom. The Labute approximate surface area is 86.0 Å². The highest BCUT2D eigenvalue weighted by Gasteiger charge is 2.09. The molecule has 74 valence electrons.